The summed E-state index contributed by atoms with van der Waals surface area (Å²) in [6.45, 7) is 0.416. The second-order valence-electron chi connectivity index (χ2n) is 11.4. The second kappa shape index (κ2) is 9.28. The van der Waals surface area contributed by atoms with E-state index in [0.29, 0.717) is 28.0 Å². The molecule has 4 aliphatic rings. The van der Waals surface area contributed by atoms with Crippen LogP contribution in [0.2, 0.25) is 10.0 Å². The first-order valence-electron chi connectivity index (χ1n) is 13.4. The van der Waals surface area contributed by atoms with Gasteiger partial charge < -0.3 is 5.32 Å². The summed E-state index contributed by atoms with van der Waals surface area (Å²) in [5.41, 5.74) is 3.35. The number of hydrogen-bond donors (Lipinski definition) is 1. The maximum absolute atomic E-state index is 13.8. The fourth-order valence-electron chi connectivity index (χ4n) is 7.59. The first-order valence-corrected chi connectivity index (χ1v) is 14.1. The Labute approximate surface area is 231 Å². The molecule has 1 N–H and O–H groups in total. The summed E-state index contributed by atoms with van der Waals surface area (Å²) in [6, 6.07) is 17.3. The number of amides is 1. The summed E-state index contributed by atoms with van der Waals surface area (Å²) in [5, 5.41) is 13.9. The molecule has 0 saturated heterocycles. The lowest BCUT2D eigenvalue weighted by Crippen LogP contribution is -2.49. The molecular formula is C30H29Cl2N5O. The highest BCUT2D eigenvalue weighted by atomic mass is 35.5. The lowest BCUT2D eigenvalue weighted by Gasteiger charge is -2.56. The largest absolute Gasteiger partial charge is 0.305 e. The quantitative estimate of drug-likeness (QED) is 0.280. The van der Waals surface area contributed by atoms with E-state index in [1.807, 2.05) is 65.6 Å². The van der Waals surface area contributed by atoms with E-state index in [2.05, 4.69) is 10.4 Å². The van der Waals surface area contributed by atoms with E-state index >= 15 is 0 Å². The molecule has 8 heteroatoms. The number of benzene rings is 2. The molecule has 4 bridgehead atoms. The first-order chi connectivity index (χ1) is 18.5. The number of nitrogens with one attached hydrogen (secondary N) is 1. The number of halogens is 2. The van der Waals surface area contributed by atoms with E-state index in [4.69, 9.17) is 28.3 Å². The number of carbonyl (C=O) groups excluding carboxylic acids is 1. The van der Waals surface area contributed by atoms with Gasteiger partial charge in [-0.2, -0.15) is 10.2 Å². The Morgan fingerprint density at radius 3 is 2.21 bits per heavy atom. The van der Waals surface area contributed by atoms with Crippen LogP contribution in [-0.2, 0) is 12.0 Å². The average molecular weight is 547 g/mol. The molecule has 6 nitrogen and oxygen atoms in total. The van der Waals surface area contributed by atoms with Gasteiger partial charge in [0.1, 0.15) is 0 Å². The fourth-order valence-corrected chi connectivity index (χ4v) is 8.11. The van der Waals surface area contributed by atoms with E-state index < -0.39 is 0 Å². The number of nitrogens with zero attached hydrogens (tertiary/aromatic N) is 4. The minimum absolute atomic E-state index is 0.0123. The van der Waals surface area contributed by atoms with Gasteiger partial charge in [-0.15, -0.1) is 0 Å². The van der Waals surface area contributed by atoms with Gasteiger partial charge in [0, 0.05) is 39.5 Å². The Morgan fingerprint density at radius 2 is 1.55 bits per heavy atom. The number of para-hydroxylation sites is 1. The number of rotatable bonds is 6. The molecule has 4 fully saturated rings. The Kier molecular flexibility index (Phi) is 5.86. The van der Waals surface area contributed by atoms with Gasteiger partial charge in [0.15, 0.2) is 5.82 Å². The van der Waals surface area contributed by atoms with Crippen molar-refractivity contribution in [2.24, 2.45) is 17.8 Å². The zero-order chi connectivity index (χ0) is 25.9. The van der Waals surface area contributed by atoms with Crippen LogP contribution in [-0.4, -0.2) is 25.5 Å². The van der Waals surface area contributed by atoms with Gasteiger partial charge in [-0.3, -0.25) is 9.48 Å². The Bertz CT molecular complexity index is 1450. The summed E-state index contributed by atoms with van der Waals surface area (Å²) in [4.78, 5) is 13.8. The summed E-state index contributed by atoms with van der Waals surface area (Å²) < 4.78 is 3.61. The van der Waals surface area contributed by atoms with Crippen molar-refractivity contribution < 1.29 is 4.79 Å². The predicted octanol–water partition coefficient (Wildman–Crippen LogP) is 7.14. The van der Waals surface area contributed by atoms with Crippen LogP contribution >= 0.6 is 23.2 Å². The molecule has 38 heavy (non-hydrogen) atoms. The number of anilines is 1. The molecule has 194 valence electrons. The van der Waals surface area contributed by atoms with Crippen LogP contribution in [0.5, 0.6) is 0 Å². The third-order valence-electron chi connectivity index (χ3n) is 8.78. The highest BCUT2D eigenvalue weighted by Gasteiger charge is 2.54. The molecule has 0 atom stereocenters. The van der Waals surface area contributed by atoms with E-state index in [9.17, 15) is 4.79 Å². The van der Waals surface area contributed by atoms with Crippen LogP contribution in [0.3, 0.4) is 0 Å². The second-order valence-corrected chi connectivity index (χ2v) is 12.2. The summed E-state index contributed by atoms with van der Waals surface area (Å²) >= 11 is 12.7. The lowest BCUT2D eigenvalue weighted by molar-refractivity contribution is -0.00765. The summed E-state index contributed by atoms with van der Waals surface area (Å²) in [5.74, 6) is 2.59. The van der Waals surface area contributed by atoms with Gasteiger partial charge in [-0.25, -0.2) is 4.68 Å². The van der Waals surface area contributed by atoms with Crippen molar-refractivity contribution in [3.05, 3.63) is 93.9 Å². The Morgan fingerprint density at radius 1 is 0.895 bits per heavy atom. The Hall–Kier alpha value is -3.09. The maximum atomic E-state index is 13.8. The van der Waals surface area contributed by atoms with E-state index in [1.54, 1.807) is 10.7 Å². The van der Waals surface area contributed by atoms with Crippen molar-refractivity contribution in [1.82, 2.24) is 19.6 Å². The number of carbonyl (C=O) groups is 1. The molecule has 8 rings (SSSR count). The highest BCUT2D eigenvalue weighted by molar-refractivity contribution is 6.36. The van der Waals surface area contributed by atoms with Crippen molar-refractivity contribution >= 4 is 34.9 Å². The van der Waals surface area contributed by atoms with Crippen LogP contribution in [0.15, 0.2) is 67.0 Å². The third kappa shape index (κ3) is 4.24. The van der Waals surface area contributed by atoms with Crippen molar-refractivity contribution in [1.29, 1.82) is 0 Å². The van der Waals surface area contributed by atoms with Gasteiger partial charge in [-0.05, 0) is 80.5 Å². The average Bonchev–Trinajstić information content (AvgIpc) is 3.54. The summed E-state index contributed by atoms with van der Waals surface area (Å²) in [7, 11) is 0. The summed E-state index contributed by atoms with van der Waals surface area (Å²) in [6.07, 6.45) is 11.2. The van der Waals surface area contributed by atoms with Crippen molar-refractivity contribution in [2.45, 2.75) is 50.5 Å². The van der Waals surface area contributed by atoms with Crippen LogP contribution < -0.4 is 5.32 Å². The molecule has 2 aromatic heterocycles. The molecule has 4 aromatic rings. The molecule has 0 spiro atoms. The number of hydrogen-bond acceptors (Lipinski definition) is 3. The minimum Gasteiger partial charge on any atom is -0.305 e. The minimum atomic E-state index is -0.168. The predicted molar refractivity (Wildman–Crippen MR) is 149 cm³/mol. The molecular weight excluding hydrogens is 517 g/mol. The monoisotopic (exact) mass is 545 g/mol. The molecule has 0 aliphatic heterocycles. The van der Waals surface area contributed by atoms with Gasteiger partial charge in [0.2, 0.25) is 0 Å². The smallest absolute Gasteiger partial charge is 0.260 e. The van der Waals surface area contributed by atoms with Gasteiger partial charge in [0.25, 0.3) is 5.91 Å². The molecule has 1 amide bonds. The van der Waals surface area contributed by atoms with Crippen molar-refractivity contribution in [3.8, 4) is 5.69 Å². The molecule has 4 saturated carbocycles. The topological polar surface area (TPSA) is 64.7 Å². The van der Waals surface area contributed by atoms with Crippen LogP contribution in [0.1, 0.15) is 60.1 Å². The molecule has 0 unspecified atom stereocenters. The van der Waals surface area contributed by atoms with E-state index in [-0.39, 0.29) is 11.3 Å². The van der Waals surface area contributed by atoms with Crippen molar-refractivity contribution in [3.63, 3.8) is 0 Å². The fraction of sp³-hybridized carbons (Fsp3) is 0.367. The van der Waals surface area contributed by atoms with Crippen LogP contribution in [0.4, 0.5) is 5.82 Å². The van der Waals surface area contributed by atoms with Crippen LogP contribution in [0.25, 0.3) is 5.69 Å². The molecule has 2 heterocycles. The van der Waals surface area contributed by atoms with Crippen molar-refractivity contribution in [2.75, 3.05) is 5.32 Å². The lowest BCUT2D eigenvalue weighted by atomic mass is 9.48. The molecule has 2 aromatic carbocycles. The third-order valence-corrected chi connectivity index (χ3v) is 9.49. The zero-order valence-electron chi connectivity index (χ0n) is 21.0. The van der Waals surface area contributed by atoms with E-state index in [1.165, 1.54) is 19.3 Å². The van der Waals surface area contributed by atoms with Crippen LogP contribution in [0, 0.1) is 17.8 Å². The van der Waals surface area contributed by atoms with Gasteiger partial charge in [-0.1, -0.05) is 47.5 Å². The molecule has 4 aliphatic carbocycles. The normalized spacial score (nSPS) is 25.6. The van der Waals surface area contributed by atoms with Gasteiger partial charge in [0.05, 0.1) is 23.5 Å². The highest BCUT2D eigenvalue weighted by Crippen LogP contribution is 2.61. The first kappa shape index (κ1) is 24.0. The standard InChI is InChI=1S/C30H29Cl2N5O/c31-25-7-4-8-26(32)23(25)17-36-10-9-27(34-36)33-29(38)24-18-37(22-5-2-1-3-6-22)35-28(24)30-14-19-11-20(15-30)13-21(12-19)16-30/h1-10,18-21H,11-17H2,(H,33,34,38). The number of aromatic nitrogens is 4. The SMILES string of the molecule is O=C(Nc1ccn(Cc2c(Cl)cccc2Cl)n1)c1cn(-c2ccccc2)nc1C12CC3CC(CC(C3)C1)C2. The van der Waals surface area contributed by atoms with E-state index in [0.717, 1.165) is 54.0 Å². The zero-order valence-corrected chi connectivity index (χ0v) is 22.5. The molecule has 0 radical (unpaired) electrons. The van der Waals surface area contributed by atoms with Gasteiger partial charge >= 0.3 is 0 Å². The Balaban J connectivity index is 1.20. The maximum Gasteiger partial charge on any atom is 0.260 e.